The van der Waals surface area contributed by atoms with Gasteiger partial charge in [-0.25, -0.2) is 0 Å². The summed E-state index contributed by atoms with van der Waals surface area (Å²) in [6, 6.07) is 9.60. The van der Waals surface area contributed by atoms with Crippen LogP contribution in [0.25, 0.3) is 0 Å². The van der Waals surface area contributed by atoms with Crippen LogP contribution in [0.3, 0.4) is 0 Å². The van der Waals surface area contributed by atoms with Crippen LogP contribution in [0, 0.1) is 0 Å². The van der Waals surface area contributed by atoms with Crippen LogP contribution < -0.4 is 0 Å². The molecule has 1 aliphatic rings. The Morgan fingerprint density at radius 3 is 2.50 bits per heavy atom. The molecule has 4 heteroatoms. The first kappa shape index (κ1) is 14.0. The first-order chi connectivity index (χ1) is 8.77. The van der Waals surface area contributed by atoms with Gasteiger partial charge in [0.05, 0.1) is 0 Å². The Balaban J connectivity index is 1.80. The van der Waals surface area contributed by atoms with E-state index in [1.165, 1.54) is 22.7 Å². The standard InChI is InChI=1S/C14H17NOSe2/c16-13(12-7-3-1-4-8-12)11-18-14(17)15-9-5-2-6-10-15/h1,3-4,7-8H,2,5-6,9-11H2. The van der Waals surface area contributed by atoms with Gasteiger partial charge in [-0.15, -0.1) is 0 Å². The van der Waals surface area contributed by atoms with Gasteiger partial charge >= 0.3 is 123 Å². The van der Waals surface area contributed by atoms with Crippen molar-refractivity contribution in [2.24, 2.45) is 0 Å². The summed E-state index contributed by atoms with van der Waals surface area (Å²) in [5.74, 6) is 0.264. The maximum atomic E-state index is 12.0. The fourth-order valence-corrected chi connectivity index (χ4v) is 4.68. The monoisotopic (exact) mass is 375 g/mol. The molecule has 0 saturated carbocycles. The molecule has 0 bridgehead atoms. The quantitative estimate of drug-likeness (QED) is 0.579. The van der Waals surface area contributed by atoms with E-state index in [-0.39, 0.29) is 20.7 Å². The molecule has 0 aromatic heterocycles. The molecule has 0 unspecified atom stereocenters. The van der Waals surface area contributed by atoms with E-state index in [4.69, 9.17) is 0 Å². The number of carbonyl (C=O) groups excluding carboxylic acids is 1. The summed E-state index contributed by atoms with van der Waals surface area (Å²) in [6.07, 6.45) is 3.92. The van der Waals surface area contributed by atoms with Gasteiger partial charge in [0.1, 0.15) is 0 Å². The van der Waals surface area contributed by atoms with E-state index in [9.17, 15) is 4.79 Å². The molecule has 0 radical (unpaired) electrons. The van der Waals surface area contributed by atoms with Crippen LogP contribution >= 0.6 is 0 Å². The van der Waals surface area contributed by atoms with E-state index < -0.39 is 0 Å². The molecule has 0 atom stereocenters. The summed E-state index contributed by atoms with van der Waals surface area (Å²) < 4.78 is 1.31. The molecule has 1 fully saturated rings. The van der Waals surface area contributed by atoms with Crippen molar-refractivity contribution in [2.75, 3.05) is 13.1 Å². The van der Waals surface area contributed by atoms with Crippen LogP contribution in [0.15, 0.2) is 30.3 Å². The molecule has 2 rings (SSSR count). The normalized spacial score (nSPS) is 15.4. The van der Waals surface area contributed by atoms with Gasteiger partial charge in [-0.2, -0.15) is 0 Å². The minimum absolute atomic E-state index is 0.254. The third kappa shape index (κ3) is 4.06. The van der Waals surface area contributed by atoms with Crippen LogP contribution in [0.2, 0.25) is 5.32 Å². The Bertz CT molecular complexity index is 413. The van der Waals surface area contributed by atoms with E-state index in [1.807, 2.05) is 30.3 Å². The van der Waals surface area contributed by atoms with Crippen LogP contribution in [0.1, 0.15) is 29.6 Å². The second kappa shape index (κ2) is 7.25. The zero-order chi connectivity index (χ0) is 12.8. The van der Waals surface area contributed by atoms with Crippen LogP contribution in [-0.4, -0.2) is 57.7 Å². The van der Waals surface area contributed by atoms with Crippen molar-refractivity contribution in [3.63, 3.8) is 0 Å². The third-order valence-corrected chi connectivity index (χ3v) is 6.78. The number of Topliss-reactive ketones (excluding diaryl/α,β-unsaturated/α-hetero) is 1. The second-order valence-corrected chi connectivity index (χ2v) is 8.54. The molecular weight excluding hydrogens is 356 g/mol. The predicted molar refractivity (Wildman–Crippen MR) is 77.5 cm³/mol. The number of hydrogen-bond donors (Lipinski definition) is 0. The van der Waals surface area contributed by atoms with E-state index in [2.05, 4.69) is 20.5 Å². The Kier molecular flexibility index (Phi) is 5.65. The van der Waals surface area contributed by atoms with E-state index >= 15 is 0 Å². The molecule has 0 amide bonds. The average Bonchev–Trinajstić information content (AvgIpc) is 2.46. The summed E-state index contributed by atoms with van der Waals surface area (Å²) in [6.45, 7) is 2.31. The molecule has 1 aromatic rings. The molecule has 96 valence electrons. The number of rotatable bonds is 5. The summed E-state index contributed by atoms with van der Waals surface area (Å²) >= 11 is 3.43. The van der Waals surface area contributed by atoms with Gasteiger partial charge in [-0.3, -0.25) is 0 Å². The molecule has 18 heavy (non-hydrogen) atoms. The van der Waals surface area contributed by atoms with Crippen molar-refractivity contribution in [3.05, 3.63) is 35.9 Å². The predicted octanol–water partition coefficient (Wildman–Crippen LogP) is 1.73. The van der Waals surface area contributed by atoms with Crippen molar-refractivity contribution in [3.8, 4) is 0 Å². The number of likely N-dealkylation sites (tertiary alicyclic amines) is 1. The molecule has 1 heterocycles. The molecule has 0 aliphatic carbocycles. The van der Waals surface area contributed by atoms with Crippen molar-refractivity contribution in [1.29, 1.82) is 0 Å². The van der Waals surface area contributed by atoms with Crippen LogP contribution in [-0.2, 0) is 0 Å². The number of ketones is 1. The van der Waals surface area contributed by atoms with Crippen molar-refractivity contribution >= 4 is 39.8 Å². The molecule has 2 nitrogen and oxygen atoms in total. The van der Waals surface area contributed by atoms with Gasteiger partial charge in [0.15, 0.2) is 0 Å². The molecule has 0 spiro atoms. The molecule has 0 N–H and O–H groups in total. The van der Waals surface area contributed by atoms with Gasteiger partial charge in [-0.1, -0.05) is 0 Å². The minimum atomic E-state index is 0.254. The molecular formula is C14H17NOSe2. The van der Waals surface area contributed by atoms with Crippen LogP contribution in [0.4, 0.5) is 0 Å². The van der Waals surface area contributed by atoms with Crippen molar-refractivity contribution in [2.45, 2.75) is 24.6 Å². The van der Waals surface area contributed by atoms with Crippen LogP contribution in [0.5, 0.6) is 0 Å². The maximum absolute atomic E-state index is 12.0. The summed E-state index contributed by atoms with van der Waals surface area (Å²) in [7, 11) is 0. The van der Waals surface area contributed by atoms with E-state index in [0.717, 1.165) is 18.7 Å². The van der Waals surface area contributed by atoms with E-state index in [0.29, 0.717) is 5.32 Å². The Labute approximate surface area is 123 Å². The number of carbonyl (C=O) groups is 1. The van der Waals surface area contributed by atoms with Gasteiger partial charge < -0.3 is 0 Å². The van der Waals surface area contributed by atoms with Gasteiger partial charge in [-0.05, 0) is 0 Å². The summed E-state index contributed by atoms with van der Waals surface area (Å²) in [5, 5.41) is 0.663. The third-order valence-electron chi connectivity index (χ3n) is 3.04. The zero-order valence-corrected chi connectivity index (χ0v) is 13.7. The number of benzene rings is 1. The van der Waals surface area contributed by atoms with Gasteiger partial charge in [0.25, 0.3) is 0 Å². The van der Waals surface area contributed by atoms with Crippen molar-refractivity contribution in [1.82, 2.24) is 4.90 Å². The first-order valence-corrected chi connectivity index (χ1v) is 9.20. The second-order valence-electron chi connectivity index (χ2n) is 4.39. The average molecular weight is 373 g/mol. The summed E-state index contributed by atoms with van der Waals surface area (Å²) in [4.78, 5) is 14.4. The SMILES string of the molecule is O=C(C[Se]C(=[Se])N1CCCCC1)c1ccccc1. The van der Waals surface area contributed by atoms with Gasteiger partial charge in [0.2, 0.25) is 0 Å². The number of hydrogen-bond acceptors (Lipinski definition) is 2. The van der Waals surface area contributed by atoms with Gasteiger partial charge in [0, 0.05) is 0 Å². The van der Waals surface area contributed by atoms with Crippen molar-refractivity contribution < 1.29 is 4.79 Å². The topological polar surface area (TPSA) is 20.3 Å². The molecule has 1 saturated heterocycles. The fourth-order valence-electron chi connectivity index (χ4n) is 2.00. The Hall–Kier alpha value is -0.401. The Morgan fingerprint density at radius 1 is 1.17 bits per heavy atom. The summed E-state index contributed by atoms with van der Waals surface area (Å²) in [5.41, 5.74) is 0.839. The Morgan fingerprint density at radius 2 is 1.83 bits per heavy atom. The fraction of sp³-hybridized carbons (Fsp3) is 0.429. The zero-order valence-electron chi connectivity index (χ0n) is 10.3. The van der Waals surface area contributed by atoms with E-state index in [1.54, 1.807) is 0 Å². The number of nitrogens with zero attached hydrogens (tertiary/aromatic N) is 1. The molecule has 1 aromatic carbocycles. The first-order valence-electron chi connectivity index (χ1n) is 6.27. The molecule has 1 aliphatic heterocycles. The number of piperidine rings is 1.